The summed E-state index contributed by atoms with van der Waals surface area (Å²) in [4.78, 5) is 24.4. The standard InChI is InChI=1S/C22H23Cl2N3O7S/c1-32-17-8-18(33-2)15(6-13(17)23)26-22(29)12-4-3-5-27(10-12)35(30,31)20-9-19-16(7-14(20)24)25-21(28)11-34-19/h6-9,12H,3-5,10-11H2,1-2H3,(H,25,28)(H,26,29)/t12-/m0/s1. The fourth-order valence-corrected chi connectivity index (χ4v) is 6.27. The van der Waals surface area contributed by atoms with Crippen LogP contribution in [0.5, 0.6) is 17.2 Å². The second kappa shape index (κ2) is 10.1. The van der Waals surface area contributed by atoms with E-state index in [4.69, 9.17) is 37.4 Å². The van der Waals surface area contributed by atoms with Crippen LogP contribution in [-0.4, -0.2) is 58.5 Å². The number of nitrogens with one attached hydrogen (secondary N) is 2. The predicted molar refractivity (Wildman–Crippen MR) is 130 cm³/mol. The Morgan fingerprint density at radius 2 is 1.89 bits per heavy atom. The fraction of sp³-hybridized carbons (Fsp3) is 0.364. The van der Waals surface area contributed by atoms with Crippen LogP contribution in [-0.2, 0) is 19.6 Å². The number of nitrogens with zero attached hydrogens (tertiary/aromatic N) is 1. The van der Waals surface area contributed by atoms with Crippen molar-refractivity contribution in [2.45, 2.75) is 17.7 Å². The van der Waals surface area contributed by atoms with Gasteiger partial charge in [-0.3, -0.25) is 9.59 Å². The molecule has 13 heteroatoms. The van der Waals surface area contributed by atoms with Gasteiger partial charge in [0.15, 0.2) is 6.61 Å². The zero-order valence-corrected chi connectivity index (χ0v) is 21.2. The van der Waals surface area contributed by atoms with Crippen LogP contribution < -0.4 is 24.8 Å². The van der Waals surface area contributed by atoms with Crippen molar-refractivity contribution in [1.82, 2.24) is 4.31 Å². The van der Waals surface area contributed by atoms with Crippen LogP contribution in [0.3, 0.4) is 0 Å². The van der Waals surface area contributed by atoms with Crippen molar-refractivity contribution in [3.8, 4) is 17.2 Å². The zero-order chi connectivity index (χ0) is 25.3. The highest BCUT2D eigenvalue weighted by molar-refractivity contribution is 7.89. The molecule has 188 valence electrons. The number of amides is 2. The van der Waals surface area contributed by atoms with Gasteiger partial charge in [-0.05, 0) is 25.0 Å². The van der Waals surface area contributed by atoms with E-state index in [-0.39, 0.29) is 52.2 Å². The van der Waals surface area contributed by atoms with E-state index in [1.165, 1.54) is 36.7 Å². The maximum atomic E-state index is 13.4. The molecule has 2 aromatic carbocycles. The van der Waals surface area contributed by atoms with Crippen LogP contribution in [0.25, 0.3) is 0 Å². The number of benzene rings is 2. The minimum atomic E-state index is -4.04. The summed E-state index contributed by atoms with van der Waals surface area (Å²) in [5, 5.41) is 5.60. The summed E-state index contributed by atoms with van der Waals surface area (Å²) in [6.07, 6.45) is 0.976. The van der Waals surface area contributed by atoms with Gasteiger partial charge in [-0.2, -0.15) is 4.31 Å². The average molecular weight is 544 g/mol. The van der Waals surface area contributed by atoms with Gasteiger partial charge in [0.1, 0.15) is 22.1 Å². The van der Waals surface area contributed by atoms with Gasteiger partial charge in [0.2, 0.25) is 15.9 Å². The molecule has 1 atom stereocenters. The van der Waals surface area contributed by atoms with E-state index in [0.717, 1.165) is 0 Å². The first-order valence-electron chi connectivity index (χ1n) is 10.6. The third-order valence-electron chi connectivity index (χ3n) is 5.77. The predicted octanol–water partition coefficient (Wildman–Crippen LogP) is 3.38. The third kappa shape index (κ3) is 5.13. The van der Waals surface area contributed by atoms with E-state index in [2.05, 4.69) is 10.6 Å². The summed E-state index contributed by atoms with van der Waals surface area (Å²) in [5.74, 6) is -0.385. The van der Waals surface area contributed by atoms with E-state index in [1.807, 2.05) is 0 Å². The van der Waals surface area contributed by atoms with Gasteiger partial charge in [-0.15, -0.1) is 0 Å². The Hall–Kier alpha value is -2.73. The van der Waals surface area contributed by atoms with Crippen LogP contribution in [0.1, 0.15) is 12.8 Å². The average Bonchev–Trinajstić information content (AvgIpc) is 2.83. The molecule has 1 saturated heterocycles. The SMILES string of the molecule is COc1cc(OC)c(NC(=O)[C@H]2CCCN(S(=O)(=O)c3cc4c(cc3Cl)NC(=O)CO4)C2)cc1Cl. The number of carbonyl (C=O) groups is 2. The summed E-state index contributed by atoms with van der Waals surface area (Å²) in [6.45, 7) is -0.0287. The van der Waals surface area contributed by atoms with Gasteiger partial charge < -0.3 is 24.8 Å². The molecule has 0 aromatic heterocycles. The Bertz CT molecular complexity index is 1290. The fourth-order valence-electron chi connectivity index (χ4n) is 3.99. The van der Waals surface area contributed by atoms with Crippen LogP contribution >= 0.6 is 23.2 Å². The largest absolute Gasteiger partial charge is 0.495 e. The lowest BCUT2D eigenvalue weighted by molar-refractivity contribution is -0.121. The van der Waals surface area contributed by atoms with Crippen molar-refractivity contribution in [2.75, 3.05) is 44.5 Å². The van der Waals surface area contributed by atoms with Gasteiger partial charge in [-0.1, -0.05) is 23.2 Å². The molecule has 0 bridgehead atoms. The first-order valence-corrected chi connectivity index (χ1v) is 12.8. The van der Waals surface area contributed by atoms with E-state index < -0.39 is 15.9 Å². The number of anilines is 2. The molecular weight excluding hydrogens is 521 g/mol. The Labute approximate surface area is 212 Å². The van der Waals surface area contributed by atoms with Gasteiger partial charge in [0, 0.05) is 25.2 Å². The Morgan fingerprint density at radius 3 is 2.60 bits per heavy atom. The number of sulfonamides is 1. The maximum absolute atomic E-state index is 13.4. The quantitative estimate of drug-likeness (QED) is 0.572. The smallest absolute Gasteiger partial charge is 0.262 e. The lowest BCUT2D eigenvalue weighted by Crippen LogP contribution is -2.43. The highest BCUT2D eigenvalue weighted by Crippen LogP contribution is 2.39. The molecule has 10 nitrogen and oxygen atoms in total. The molecule has 2 amide bonds. The second-order valence-electron chi connectivity index (χ2n) is 7.99. The number of piperidine rings is 1. The molecule has 0 unspecified atom stereocenters. The molecule has 2 aliphatic heterocycles. The number of fused-ring (bicyclic) bond motifs is 1. The van der Waals surface area contributed by atoms with Crippen molar-refractivity contribution in [1.29, 1.82) is 0 Å². The molecule has 4 rings (SSSR count). The first-order chi connectivity index (χ1) is 16.6. The molecular formula is C22H23Cl2N3O7S. The van der Waals surface area contributed by atoms with Crippen LogP contribution in [0, 0.1) is 5.92 Å². The molecule has 2 N–H and O–H groups in total. The Balaban J connectivity index is 1.54. The van der Waals surface area contributed by atoms with Gasteiger partial charge in [0.05, 0.1) is 41.6 Å². The summed E-state index contributed by atoms with van der Waals surface area (Å²) in [5.41, 5.74) is 0.647. The lowest BCUT2D eigenvalue weighted by atomic mass is 9.98. The first kappa shape index (κ1) is 25.4. The number of halogens is 2. The second-order valence-corrected chi connectivity index (χ2v) is 10.7. The Kier molecular flexibility index (Phi) is 7.32. The number of hydrogen-bond acceptors (Lipinski definition) is 7. The molecule has 35 heavy (non-hydrogen) atoms. The molecule has 2 aromatic rings. The summed E-state index contributed by atoms with van der Waals surface area (Å²) in [7, 11) is -1.13. The number of rotatable bonds is 6. The third-order valence-corrected chi connectivity index (χ3v) is 8.40. The summed E-state index contributed by atoms with van der Waals surface area (Å²) >= 11 is 12.4. The topological polar surface area (TPSA) is 123 Å². The number of carbonyl (C=O) groups excluding carboxylic acids is 2. The van der Waals surface area contributed by atoms with Crippen molar-refractivity contribution < 1.29 is 32.2 Å². The zero-order valence-electron chi connectivity index (χ0n) is 18.9. The minimum Gasteiger partial charge on any atom is -0.495 e. The van der Waals surface area contributed by atoms with Gasteiger partial charge in [-0.25, -0.2) is 8.42 Å². The van der Waals surface area contributed by atoms with E-state index in [0.29, 0.717) is 35.7 Å². The van der Waals surface area contributed by atoms with Crippen LogP contribution in [0.2, 0.25) is 10.0 Å². The van der Waals surface area contributed by atoms with Crippen molar-refractivity contribution in [3.05, 3.63) is 34.3 Å². The monoisotopic (exact) mass is 543 g/mol. The van der Waals surface area contributed by atoms with Crippen LogP contribution in [0.4, 0.5) is 11.4 Å². The maximum Gasteiger partial charge on any atom is 0.262 e. The van der Waals surface area contributed by atoms with E-state index >= 15 is 0 Å². The highest BCUT2D eigenvalue weighted by atomic mass is 35.5. The highest BCUT2D eigenvalue weighted by Gasteiger charge is 2.35. The van der Waals surface area contributed by atoms with Gasteiger partial charge >= 0.3 is 0 Å². The van der Waals surface area contributed by atoms with Crippen molar-refractivity contribution in [3.63, 3.8) is 0 Å². The Morgan fingerprint density at radius 1 is 1.14 bits per heavy atom. The molecule has 0 aliphatic carbocycles. The number of ether oxygens (including phenoxy) is 3. The summed E-state index contributed by atoms with van der Waals surface area (Å²) in [6, 6.07) is 5.70. The molecule has 1 fully saturated rings. The van der Waals surface area contributed by atoms with Crippen molar-refractivity contribution >= 4 is 56.4 Å². The summed E-state index contributed by atoms with van der Waals surface area (Å²) < 4.78 is 43.9. The molecule has 2 aliphatic rings. The van der Waals surface area contributed by atoms with Crippen molar-refractivity contribution in [2.24, 2.45) is 5.92 Å². The lowest BCUT2D eigenvalue weighted by Gasteiger charge is -2.32. The minimum absolute atomic E-state index is 0.0363. The number of methoxy groups -OCH3 is 2. The van der Waals surface area contributed by atoms with Crippen LogP contribution in [0.15, 0.2) is 29.2 Å². The van der Waals surface area contributed by atoms with E-state index in [1.54, 1.807) is 6.07 Å². The van der Waals surface area contributed by atoms with Gasteiger partial charge in [0.25, 0.3) is 5.91 Å². The molecule has 2 heterocycles. The number of hydrogen-bond donors (Lipinski definition) is 2. The molecule has 0 spiro atoms. The molecule has 0 saturated carbocycles. The normalized spacial score (nSPS) is 18.2. The molecule has 0 radical (unpaired) electrons. The van der Waals surface area contributed by atoms with E-state index in [9.17, 15) is 18.0 Å².